The average Bonchev–Trinajstić information content (AvgIpc) is 3.81. The van der Waals surface area contributed by atoms with Gasteiger partial charge < -0.3 is 14.0 Å². The van der Waals surface area contributed by atoms with Crippen molar-refractivity contribution in [1.29, 1.82) is 0 Å². The Labute approximate surface area is 331 Å². The van der Waals surface area contributed by atoms with Crippen LogP contribution in [0, 0.1) is 0 Å². The van der Waals surface area contributed by atoms with Gasteiger partial charge in [0.25, 0.3) is 0 Å². The van der Waals surface area contributed by atoms with Crippen LogP contribution in [0.5, 0.6) is 0 Å². The number of para-hydroxylation sites is 5. The monoisotopic (exact) mass is 727 g/mol. The van der Waals surface area contributed by atoms with E-state index in [1.807, 2.05) is 0 Å². The SMILES string of the molecule is c1ccc(-c2ccc(-n3c4ccccc4c4c(-c5ccc(N(c6ccccc6)c6ccccc6)cc5)cc5c6ccccc6n(-c6ccccc6)c5c43)cc2)cc1. The van der Waals surface area contributed by atoms with E-state index >= 15 is 0 Å². The van der Waals surface area contributed by atoms with Gasteiger partial charge in [-0.1, -0.05) is 146 Å². The normalized spacial score (nSPS) is 11.5. The third-order valence-corrected chi connectivity index (χ3v) is 11.3. The number of anilines is 3. The van der Waals surface area contributed by atoms with Crippen LogP contribution in [0.2, 0.25) is 0 Å². The molecule has 0 unspecified atom stereocenters. The molecule has 0 saturated carbocycles. The smallest absolute Gasteiger partial charge is 0.0795 e. The highest BCUT2D eigenvalue weighted by molar-refractivity contribution is 6.28. The van der Waals surface area contributed by atoms with Crippen molar-refractivity contribution in [3.63, 3.8) is 0 Å². The summed E-state index contributed by atoms with van der Waals surface area (Å²) in [7, 11) is 0. The van der Waals surface area contributed by atoms with Gasteiger partial charge >= 0.3 is 0 Å². The summed E-state index contributed by atoms with van der Waals surface area (Å²) in [4.78, 5) is 2.32. The van der Waals surface area contributed by atoms with Gasteiger partial charge in [-0.25, -0.2) is 0 Å². The zero-order valence-corrected chi connectivity index (χ0v) is 31.2. The van der Waals surface area contributed by atoms with Crippen molar-refractivity contribution in [1.82, 2.24) is 9.13 Å². The lowest BCUT2D eigenvalue weighted by molar-refractivity contribution is 1.15. The van der Waals surface area contributed by atoms with Gasteiger partial charge in [-0.15, -0.1) is 0 Å². The Kier molecular flexibility index (Phi) is 7.82. The van der Waals surface area contributed by atoms with E-state index in [1.165, 1.54) is 65.9 Å². The first-order chi connectivity index (χ1) is 28.3. The molecule has 0 bridgehead atoms. The van der Waals surface area contributed by atoms with E-state index in [2.05, 4.69) is 238 Å². The van der Waals surface area contributed by atoms with E-state index in [4.69, 9.17) is 0 Å². The van der Waals surface area contributed by atoms with E-state index in [-0.39, 0.29) is 0 Å². The number of fused-ring (bicyclic) bond motifs is 7. The summed E-state index contributed by atoms with van der Waals surface area (Å²) in [5.41, 5.74) is 15.1. The second-order valence-corrected chi connectivity index (χ2v) is 14.6. The van der Waals surface area contributed by atoms with Crippen LogP contribution in [0.1, 0.15) is 0 Å². The fraction of sp³-hybridized carbons (Fsp3) is 0. The Balaban J connectivity index is 1.21. The molecule has 268 valence electrons. The minimum Gasteiger partial charge on any atom is -0.311 e. The Bertz CT molecular complexity index is 3140. The molecule has 11 aromatic rings. The summed E-state index contributed by atoms with van der Waals surface area (Å²) in [5, 5.41) is 4.91. The summed E-state index contributed by atoms with van der Waals surface area (Å²) in [6.45, 7) is 0. The molecule has 0 saturated heterocycles. The lowest BCUT2D eigenvalue weighted by Crippen LogP contribution is -2.09. The van der Waals surface area contributed by atoms with Crippen molar-refractivity contribution in [2.24, 2.45) is 0 Å². The van der Waals surface area contributed by atoms with Gasteiger partial charge in [0, 0.05) is 50.0 Å². The Hall–Kier alpha value is -7.62. The molecule has 9 aromatic carbocycles. The highest BCUT2D eigenvalue weighted by atomic mass is 15.1. The molecule has 3 nitrogen and oxygen atoms in total. The fourth-order valence-electron chi connectivity index (χ4n) is 8.76. The van der Waals surface area contributed by atoms with E-state index in [0.717, 1.165) is 28.4 Å². The van der Waals surface area contributed by atoms with E-state index in [0.29, 0.717) is 0 Å². The predicted octanol–water partition coefficient (Wildman–Crippen LogP) is 14.7. The molecule has 0 aliphatic rings. The molecule has 3 heteroatoms. The molecule has 0 aliphatic heterocycles. The third-order valence-electron chi connectivity index (χ3n) is 11.3. The molecule has 0 fully saturated rings. The minimum absolute atomic E-state index is 1.11. The standard InChI is InChI=1S/C54H37N3/c1-5-17-38(18-6-1)39-29-33-45(34-30-39)57-51-28-16-14-26-47(51)52-48(37-49-46-25-13-15-27-50(46)56(53(49)54(52)57)43-23-11-4-12-24-43)40-31-35-44(36-32-40)55(41-19-7-2-8-20-41)42-21-9-3-10-22-42/h1-37H. The zero-order chi connectivity index (χ0) is 37.7. The molecule has 0 N–H and O–H groups in total. The van der Waals surface area contributed by atoms with Crippen molar-refractivity contribution in [2.75, 3.05) is 4.90 Å². The lowest BCUT2D eigenvalue weighted by Gasteiger charge is -2.25. The number of aromatic nitrogens is 2. The molecule has 0 aliphatic carbocycles. The maximum Gasteiger partial charge on any atom is 0.0795 e. The molecule has 11 rings (SSSR count). The number of benzene rings is 9. The van der Waals surface area contributed by atoms with Crippen LogP contribution in [0.25, 0.3) is 77.2 Å². The van der Waals surface area contributed by atoms with Gasteiger partial charge in [0.05, 0.1) is 22.1 Å². The second-order valence-electron chi connectivity index (χ2n) is 14.6. The van der Waals surface area contributed by atoms with Crippen LogP contribution in [0.4, 0.5) is 17.1 Å². The summed E-state index contributed by atoms with van der Waals surface area (Å²) in [6, 6.07) is 81.0. The van der Waals surface area contributed by atoms with Crippen molar-refractivity contribution in [3.8, 4) is 33.6 Å². The van der Waals surface area contributed by atoms with Crippen LogP contribution < -0.4 is 4.90 Å². The maximum absolute atomic E-state index is 2.49. The number of hydrogen-bond donors (Lipinski definition) is 0. The van der Waals surface area contributed by atoms with Crippen molar-refractivity contribution >= 4 is 60.7 Å². The third kappa shape index (κ3) is 5.43. The number of rotatable bonds is 7. The zero-order valence-electron chi connectivity index (χ0n) is 31.2. The van der Waals surface area contributed by atoms with Gasteiger partial charge in [0.1, 0.15) is 0 Å². The van der Waals surface area contributed by atoms with Gasteiger partial charge in [-0.2, -0.15) is 0 Å². The maximum atomic E-state index is 2.49. The first kappa shape index (κ1) is 32.8. The summed E-state index contributed by atoms with van der Waals surface area (Å²) >= 11 is 0. The van der Waals surface area contributed by atoms with Crippen molar-refractivity contribution in [3.05, 3.63) is 224 Å². The molecule has 57 heavy (non-hydrogen) atoms. The van der Waals surface area contributed by atoms with E-state index in [9.17, 15) is 0 Å². The molecule has 2 heterocycles. The van der Waals surface area contributed by atoms with Crippen molar-refractivity contribution in [2.45, 2.75) is 0 Å². The first-order valence-corrected chi connectivity index (χ1v) is 19.5. The van der Waals surface area contributed by atoms with Crippen LogP contribution in [-0.2, 0) is 0 Å². The average molecular weight is 728 g/mol. The van der Waals surface area contributed by atoms with Crippen LogP contribution in [0.15, 0.2) is 224 Å². The largest absolute Gasteiger partial charge is 0.311 e. The molecular weight excluding hydrogens is 691 g/mol. The summed E-state index contributed by atoms with van der Waals surface area (Å²) in [6.07, 6.45) is 0. The minimum atomic E-state index is 1.11. The highest BCUT2D eigenvalue weighted by Gasteiger charge is 2.24. The molecular formula is C54H37N3. The fourth-order valence-corrected chi connectivity index (χ4v) is 8.76. The van der Waals surface area contributed by atoms with Gasteiger partial charge in [-0.3, -0.25) is 0 Å². The van der Waals surface area contributed by atoms with Gasteiger partial charge in [0.2, 0.25) is 0 Å². The molecule has 0 spiro atoms. The molecule has 0 atom stereocenters. The predicted molar refractivity (Wildman–Crippen MR) is 241 cm³/mol. The topological polar surface area (TPSA) is 13.1 Å². The Morgan fingerprint density at radius 2 is 0.737 bits per heavy atom. The number of hydrogen-bond acceptors (Lipinski definition) is 1. The van der Waals surface area contributed by atoms with Gasteiger partial charge in [0.15, 0.2) is 0 Å². The van der Waals surface area contributed by atoms with Crippen LogP contribution >= 0.6 is 0 Å². The van der Waals surface area contributed by atoms with Crippen molar-refractivity contribution < 1.29 is 0 Å². The molecule has 0 radical (unpaired) electrons. The van der Waals surface area contributed by atoms with Crippen LogP contribution in [0.3, 0.4) is 0 Å². The summed E-state index contributed by atoms with van der Waals surface area (Å²) < 4.78 is 4.95. The second kappa shape index (κ2) is 13.6. The Morgan fingerprint density at radius 3 is 1.37 bits per heavy atom. The lowest BCUT2D eigenvalue weighted by atomic mass is 9.96. The van der Waals surface area contributed by atoms with Crippen LogP contribution in [-0.4, -0.2) is 9.13 Å². The highest BCUT2D eigenvalue weighted by Crippen LogP contribution is 2.47. The summed E-state index contributed by atoms with van der Waals surface area (Å²) in [5.74, 6) is 0. The van der Waals surface area contributed by atoms with Gasteiger partial charge in [-0.05, 0) is 101 Å². The number of nitrogens with zero attached hydrogens (tertiary/aromatic N) is 3. The van der Waals surface area contributed by atoms with E-state index in [1.54, 1.807) is 0 Å². The first-order valence-electron chi connectivity index (χ1n) is 19.5. The molecule has 0 amide bonds. The molecule has 2 aromatic heterocycles. The Morgan fingerprint density at radius 1 is 0.298 bits per heavy atom. The quantitative estimate of drug-likeness (QED) is 0.159. The van der Waals surface area contributed by atoms with E-state index < -0.39 is 0 Å².